The lowest BCUT2D eigenvalue weighted by atomic mass is 10.1. The van der Waals surface area contributed by atoms with E-state index in [0.29, 0.717) is 16.0 Å². The van der Waals surface area contributed by atoms with Crippen LogP contribution in [0.5, 0.6) is 0 Å². The number of amides is 2. The van der Waals surface area contributed by atoms with E-state index in [1.54, 1.807) is 24.3 Å². The molecule has 0 fully saturated rings. The standard InChI is InChI=1S/C23H19FN2O2S/c1-14-10-15(2)12-17(11-14)25-21-20(19-8-5-9-29-19)22(27)26(23(21)28)13-16-6-3-4-7-18(16)24/h3-12,25H,13H2,1-2H3. The second kappa shape index (κ2) is 7.64. The van der Waals surface area contributed by atoms with Crippen molar-refractivity contribution < 1.29 is 14.0 Å². The fourth-order valence-corrected chi connectivity index (χ4v) is 4.24. The molecule has 0 bridgehead atoms. The third kappa shape index (κ3) is 3.71. The van der Waals surface area contributed by atoms with E-state index in [2.05, 4.69) is 5.32 Å². The van der Waals surface area contributed by atoms with Gasteiger partial charge in [-0.15, -0.1) is 11.3 Å². The number of anilines is 1. The first-order valence-electron chi connectivity index (χ1n) is 9.17. The minimum absolute atomic E-state index is 0.114. The molecule has 1 N–H and O–H groups in total. The predicted octanol–water partition coefficient (Wildman–Crippen LogP) is 4.90. The fourth-order valence-electron chi connectivity index (χ4n) is 3.47. The van der Waals surface area contributed by atoms with Crippen molar-refractivity contribution in [1.82, 2.24) is 4.90 Å². The first kappa shape index (κ1) is 19.1. The summed E-state index contributed by atoms with van der Waals surface area (Å²) in [4.78, 5) is 28.1. The summed E-state index contributed by atoms with van der Waals surface area (Å²) in [5, 5.41) is 5.01. The van der Waals surface area contributed by atoms with Crippen molar-refractivity contribution in [2.75, 3.05) is 5.32 Å². The molecule has 2 amide bonds. The maximum Gasteiger partial charge on any atom is 0.278 e. The van der Waals surface area contributed by atoms with E-state index < -0.39 is 17.6 Å². The summed E-state index contributed by atoms with van der Waals surface area (Å²) in [7, 11) is 0. The maximum atomic E-state index is 14.1. The summed E-state index contributed by atoms with van der Waals surface area (Å²) >= 11 is 1.39. The molecule has 1 aliphatic rings. The van der Waals surface area contributed by atoms with E-state index in [1.807, 2.05) is 43.5 Å². The van der Waals surface area contributed by atoms with Crippen LogP contribution in [0.4, 0.5) is 10.1 Å². The molecule has 2 heterocycles. The van der Waals surface area contributed by atoms with Crippen LogP contribution >= 0.6 is 11.3 Å². The number of carbonyl (C=O) groups excluding carboxylic acids is 2. The van der Waals surface area contributed by atoms with Gasteiger partial charge in [0, 0.05) is 16.1 Å². The van der Waals surface area contributed by atoms with Gasteiger partial charge in [-0.05, 0) is 54.6 Å². The molecule has 4 nitrogen and oxygen atoms in total. The van der Waals surface area contributed by atoms with Crippen LogP contribution < -0.4 is 5.32 Å². The molecule has 0 atom stereocenters. The Kier molecular flexibility index (Phi) is 5.03. The van der Waals surface area contributed by atoms with Crippen molar-refractivity contribution in [1.29, 1.82) is 0 Å². The Bertz CT molecular complexity index is 1120. The SMILES string of the molecule is Cc1cc(C)cc(NC2=C(c3cccs3)C(=O)N(Cc3ccccc3F)C2=O)c1. The summed E-state index contributed by atoms with van der Waals surface area (Å²) in [5.41, 5.74) is 3.67. The predicted molar refractivity (Wildman–Crippen MR) is 113 cm³/mol. The monoisotopic (exact) mass is 406 g/mol. The lowest BCUT2D eigenvalue weighted by Gasteiger charge is -2.16. The number of thiophene rings is 1. The van der Waals surface area contributed by atoms with Crippen LogP contribution in [-0.4, -0.2) is 16.7 Å². The Morgan fingerprint density at radius 1 is 0.966 bits per heavy atom. The highest BCUT2D eigenvalue weighted by Crippen LogP contribution is 2.34. The third-order valence-electron chi connectivity index (χ3n) is 4.71. The average Bonchev–Trinajstić information content (AvgIpc) is 3.26. The van der Waals surface area contributed by atoms with Gasteiger partial charge in [-0.25, -0.2) is 4.39 Å². The van der Waals surface area contributed by atoms with Crippen LogP contribution in [0, 0.1) is 19.7 Å². The first-order valence-corrected chi connectivity index (χ1v) is 10.0. The summed E-state index contributed by atoms with van der Waals surface area (Å²) in [6.45, 7) is 3.83. The fraction of sp³-hybridized carbons (Fsp3) is 0.130. The van der Waals surface area contributed by atoms with Gasteiger partial charge in [-0.3, -0.25) is 14.5 Å². The van der Waals surface area contributed by atoms with Crippen molar-refractivity contribution in [3.05, 3.63) is 93.1 Å². The Labute approximate surface area is 172 Å². The molecule has 29 heavy (non-hydrogen) atoms. The molecule has 0 radical (unpaired) electrons. The zero-order valence-corrected chi connectivity index (χ0v) is 16.8. The Balaban J connectivity index is 1.74. The van der Waals surface area contributed by atoms with Crippen LogP contribution in [-0.2, 0) is 16.1 Å². The average molecular weight is 406 g/mol. The molecule has 0 unspecified atom stereocenters. The summed E-state index contributed by atoms with van der Waals surface area (Å²) in [6.07, 6.45) is 0. The van der Waals surface area contributed by atoms with E-state index in [-0.39, 0.29) is 12.2 Å². The summed E-state index contributed by atoms with van der Waals surface area (Å²) in [6, 6.07) is 15.7. The van der Waals surface area contributed by atoms with Gasteiger partial charge in [0.15, 0.2) is 0 Å². The first-order chi connectivity index (χ1) is 13.9. The molecule has 0 aliphatic carbocycles. The lowest BCUT2D eigenvalue weighted by molar-refractivity contribution is -0.137. The Hall–Kier alpha value is -3.25. The van der Waals surface area contributed by atoms with Gasteiger partial charge >= 0.3 is 0 Å². The summed E-state index contributed by atoms with van der Waals surface area (Å²) in [5.74, 6) is -1.32. The topological polar surface area (TPSA) is 49.4 Å². The van der Waals surface area contributed by atoms with Crippen molar-refractivity contribution in [2.45, 2.75) is 20.4 Å². The minimum Gasteiger partial charge on any atom is -0.350 e. The number of carbonyl (C=O) groups is 2. The highest BCUT2D eigenvalue weighted by Gasteiger charge is 2.40. The highest BCUT2D eigenvalue weighted by atomic mass is 32.1. The quantitative estimate of drug-likeness (QED) is 0.614. The maximum absolute atomic E-state index is 14.1. The number of halogens is 1. The van der Waals surface area contributed by atoms with Gasteiger partial charge < -0.3 is 5.32 Å². The molecule has 1 aromatic heterocycles. The van der Waals surface area contributed by atoms with Gasteiger partial charge in [-0.2, -0.15) is 0 Å². The summed E-state index contributed by atoms with van der Waals surface area (Å²) < 4.78 is 14.1. The molecule has 146 valence electrons. The van der Waals surface area contributed by atoms with Crippen molar-refractivity contribution >= 4 is 34.4 Å². The van der Waals surface area contributed by atoms with Gasteiger partial charge in [0.1, 0.15) is 11.5 Å². The number of hydrogen-bond donors (Lipinski definition) is 1. The Morgan fingerprint density at radius 2 is 1.69 bits per heavy atom. The Morgan fingerprint density at radius 3 is 2.34 bits per heavy atom. The third-order valence-corrected chi connectivity index (χ3v) is 5.60. The lowest BCUT2D eigenvalue weighted by Crippen LogP contribution is -2.32. The van der Waals surface area contributed by atoms with Crippen LogP contribution in [0.3, 0.4) is 0 Å². The zero-order valence-electron chi connectivity index (χ0n) is 16.0. The normalized spacial score (nSPS) is 14.1. The molecular formula is C23H19FN2O2S. The molecule has 4 rings (SSSR count). The molecule has 0 saturated carbocycles. The highest BCUT2D eigenvalue weighted by molar-refractivity contribution is 7.11. The van der Waals surface area contributed by atoms with E-state index in [9.17, 15) is 14.0 Å². The number of benzene rings is 2. The number of nitrogens with one attached hydrogen (secondary N) is 1. The van der Waals surface area contributed by atoms with Crippen molar-refractivity contribution in [3.63, 3.8) is 0 Å². The van der Waals surface area contributed by atoms with Crippen LogP contribution in [0.15, 0.2) is 65.7 Å². The molecule has 6 heteroatoms. The van der Waals surface area contributed by atoms with E-state index >= 15 is 0 Å². The van der Waals surface area contributed by atoms with Gasteiger partial charge in [0.05, 0.1) is 12.1 Å². The van der Waals surface area contributed by atoms with Gasteiger partial charge in [-0.1, -0.05) is 30.3 Å². The van der Waals surface area contributed by atoms with Crippen LogP contribution in [0.1, 0.15) is 21.6 Å². The second-order valence-corrected chi connectivity index (χ2v) is 7.96. The molecule has 0 spiro atoms. The van der Waals surface area contributed by atoms with E-state index in [4.69, 9.17) is 0 Å². The number of nitrogens with zero attached hydrogens (tertiary/aromatic N) is 1. The van der Waals surface area contributed by atoms with Crippen molar-refractivity contribution in [2.24, 2.45) is 0 Å². The largest absolute Gasteiger partial charge is 0.350 e. The van der Waals surface area contributed by atoms with Crippen molar-refractivity contribution in [3.8, 4) is 0 Å². The van der Waals surface area contributed by atoms with E-state index in [0.717, 1.165) is 21.7 Å². The second-order valence-electron chi connectivity index (χ2n) is 7.02. The molecule has 1 aliphatic heterocycles. The van der Waals surface area contributed by atoms with Gasteiger partial charge in [0.2, 0.25) is 0 Å². The number of rotatable bonds is 5. The molecule has 3 aromatic rings. The van der Waals surface area contributed by atoms with Crippen LogP contribution in [0.2, 0.25) is 0 Å². The molecule has 0 saturated heterocycles. The molecular weight excluding hydrogens is 387 g/mol. The van der Waals surface area contributed by atoms with E-state index in [1.165, 1.54) is 17.4 Å². The minimum atomic E-state index is -0.458. The van der Waals surface area contributed by atoms with Crippen LogP contribution in [0.25, 0.3) is 5.57 Å². The number of hydrogen-bond acceptors (Lipinski definition) is 4. The number of aryl methyl sites for hydroxylation is 2. The number of imide groups is 1. The van der Waals surface area contributed by atoms with Gasteiger partial charge in [0.25, 0.3) is 11.8 Å². The smallest absolute Gasteiger partial charge is 0.278 e. The molecule has 2 aromatic carbocycles. The zero-order chi connectivity index (χ0) is 20.5.